The molecule has 3 rings (SSSR count). The maximum Gasteiger partial charge on any atom is 0.341 e. The fourth-order valence-electron chi connectivity index (χ4n) is 3.01. The van der Waals surface area contributed by atoms with Crippen LogP contribution in [0, 0.1) is 12.7 Å². The molecule has 138 valence electrons. The molecule has 1 aromatic heterocycles. The molecule has 1 aliphatic carbocycles. The Morgan fingerprint density at radius 2 is 2.08 bits per heavy atom. The van der Waals surface area contributed by atoms with Gasteiger partial charge in [0.1, 0.15) is 10.8 Å². The largest absolute Gasteiger partial charge is 0.462 e. The number of hydrogen-bond acceptors (Lipinski definition) is 4. The van der Waals surface area contributed by atoms with Crippen molar-refractivity contribution < 1.29 is 13.9 Å². The maximum atomic E-state index is 13.7. The summed E-state index contributed by atoms with van der Waals surface area (Å²) in [6.07, 6.45) is 4.05. The number of anilines is 2. The number of thiophene rings is 1. The van der Waals surface area contributed by atoms with E-state index < -0.39 is 0 Å². The highest BCUT2D eigenvalue weighted by Gasteiger charge is 2.26. The first-order chi connectivity index (χ1) is 12.5. The Morgan fingerprint density at radius 3 is 2.81 bits per heavy atom. The van der Waals surface area contributed by atoms with Crippen molar-refractivity contribution in [1.82, 2.24) is 0 Å². The zero-order valence-corrected chi connectivity index (χ0v) is 16.4. The van der Waals surface area contributed by atoms with E-state index in [0.717, 1.165) is 31.2 Å². The minimum atomic E-state index is -0.321. The average Bonchev–Trinajstić information content (AvgIpc) is 2.96. The van der Waals surface area contributed by atoms with E-state index in [4.69, 9.17) is 17.0 Å². The lowest BCUT2D eigenvalue weighted by Crippen LogP contribution is -2.20. The van der Waals surface area contributed by atoms with Crippen LogP contribution in [-0.4, -0.2) is 17.7 Å². The number of thiocarbonyl (C=S) groups is 1. The third kappa shape index (κ3) is 4.04. The molecule has 0 bridgehead atoms. The highest BCUT2D eigenvalue weighted by molar-refractivity contribution is 7.80. The number of hydrogen-bond donors (Lipinski definition) is 2. The van der Waals surface area contributed by atoms with Crippen LogP contribution in [0.15, 0.2) is 18.2 Å². The van der Waals surface area contributed by atoms with Crippen LogP contribution >= 0.6 is 23.6 Å². The number of carbonyl (C=O) groups excluding carboxylic acids is 1. The number of halogens is 1. The first-order valence-corrected chi connectivity index (χ1v) is 9.88. The van der Waals surface area contributed by atoms with Gasteiger partial charge in [0.25, 0.3) is 0 Å². The summed E-state index contributed by atoms with van der Waals surface area (Å²) < 4.78 is 18.9. The first-order valence-electron chi connectivity index (χ1n) is 8.65. The quantitative estimate of drug-likeness (QED) is 0.563. The zero-order chi connectivity index (χ0) is 18.7. The number of fused-ring (bicyclic) bond motifs is 1. The van der Waals surface area contributed by atoms with Crippen LogP contribution in [0.25, 0.3) is 0 Å². The molecule has 0 fully saturated rings. The maximum absolute atomic E-state index is 13.7. The number of esters is 1. The van der Waals surface area contributed by atoms with Crippen LogP contribution in [0.4, 0.5) is 15.1 Å². The zero-order valence-electron chi connectivity index (χ0n) is 14.8. The fraction of sp³-hybridized carbons (Fsp3) is 0.368. The lowest BCUT2D eigenvalue weighted by atomic mass is 9.95. The highest BCUT2D eigenvalue weighted by Crippen LogP contribution is 2.38. The van der Waals surface area contributed by atoms with Crippen molar-refractivity contribution in [3.05, 3.63) is 45.6 Å². The second-order valence-electron chi connectivity index (χ2n) is 6.18. The molecule has 0 atom stereocenters. The Bertz CT molecular complexity index is 848. The first kappa shape index (κ1) is 18.8. The Labute approximate surface area is 161 Å². The number of ether oxygens (including phenoxy) is 1. The molecule has 0 saturated heterocycles. The predicted molar refractivity (Wildman–Crippen MR) is 108 cm³/mol. The Kier molecular flexibility index (Phi) is 5.88. The molecule has 0 aliphatic heterocycles. The van der Waals surface area contributed by atoms with Crippen molar-refractivity contribution in [3.8, 4) is 0 Å². The van der Waals surface area contributed by atoms with E-state index in [9.17, 15) is 9.18 Å². The van der Waals surface area contributed by atoms with Crippen molar-refractivity contribution in [1.29, 1.82) is 0 Å². The van der Waals surface area contributed by atoms with Gasteiger partial charge in [0, 0.05) is 10.6 Å². The van der Waals surface area contributed by atoms with Crippen LogP contribution in [0.5, 0.6) is 0 Å². The van der Waals surface area contributed by atoms with E-state index in [1.54, 1.807) is 37.3 Å². The van der Waals surface area contributed by atoms with Gasteiger partial charge >= 0.3 is 5.97 Å². The monoisotopic (exact) mass is 392 g/mol. The lowest BCUT2D eigenvalue weighted by Gasteiger charge is -2.13. The molecule has 1 aromatic carbocycles. The Hall–Kier alpha value is -1.99. The van der Waals surface area contributed by atoms with E-state index >= 15 is 0 Å². The summed E-state index contributed by atoms with van der Waals surface area (Å²) in [6.45, 7) is 3.83. The number of aryl methyl sites for hydroxylation is 2. The van der Waals surface area contributed by atoms with Gasteiger partial charge in [-0.3, -0.25) is 0 Å². The molecular formula is C19H21FN2O2S2. The van der Waals surface area contributed by atoms with Gasteiger partial charge in [0.2, 0.25) is 0 Å². The van der Waals surface area contributed by atoms with E-state index in [-0.39, 0.29) is 11.8 Å². The highest BCUT2D eigenvalue weighted by atomic mass is 32.1. The van der Waals surface area contributed by atoms with Crippen LogP contribution < -0.4 is 10.6 Å². The van der Waals surface area contributed by atoms with E-state index in [0.29, 0.717) is 33.5 Å². The van der Waals surface area contributed by atoms with E-state index in [2.05, 4.69) is 10.6 Å². The Balaban J connectivity index is 1.81. The van der Waals surface area contributed by atoms with E-state index in [1.165, 1.54) is 10.9 Å². The van der Waals surface area contributed by atoms with Gasteiger partial charge in [-0.2, -0.15) is 0 Å². The second-order valence-corrected chi connectivity index (χ2v) is 7.69. The second kappa shape index (κ2) is 8.14. The molecule has 2 aromatic rings. The minimum absolute atomic E-state index is 0.295. The van der Waals surface area contributed by atoms with Gasteiger partial charge in [0.05, 0.1) is 12.2 Å². The van der Waals surface area contributed by atoms with Crippen LogP contribution in [0.2, 0.25) is 0 Å². The minimum Gasteiger partial charge on any atom is -0.462 e. The van der Waals surface area contributed by atoms with Crippen molar-refractivity contribution in [3.63, 3.8) is 0 Å². The Morgan fingerprint density at radius 1 is 1.31 bits per heavy atom. The summed E-state index contributed by atoms with van der Waals surface area (Å²) in [5, 5.41) is 7.09. The number of carbonyl (C=O) groups is 1. The number of benzene rings is 1. The summed E-state index contributed by atoms with van der Waals surface area (Å²) >= 11 is 6.90. The molecule has 0 unspecified atom stereocenters. The molecule has 0 saturated carbocycles. The van der Waals surface area contributed by atoms with Gasteiger partial charge in [-0.05, 0) is 75.0 Å². The summed E-state index contributed by atoms with van der Waals surface area (Å²) in [6, 6.07) is 4.85. The smallest absolute Gasteiger partial charge is 0.341 e. The van der Waals surface area contributed by atoms with Gasteiger partial charge in [-0.15, -0.1) is 11.3 Å². The van der Waals surface area contributed by atoms with Crippen LogP contribution in [0.3, 0.4) is 0 Å². The van der Waals surface area contributed by atoms with Crippen LogP contribution in [0.1, 0.15) is 46.1 Å². The molecule has 0 radical (unpaired) electrons. The molecule has 26 heavy (non-hydrogen) atoms. The molecule has 0 spiro atoms. The third-order valence-corrected chi connectivity index (χ3v) is 5.72. The number of rotatable bonds is 4. The fourth-order valence-corrected chi connectivity index (χ4v) is 4.58. The normalized spacial score (nSPS) is 13.0. The van der Waals surface area contributed by atoms with Gasteiger partial charge in [-0.1, -0.05) is 6.07 Å². The molecule has 0 amide bonds. The third-order valence-electron chi connectivity index (χ3n) is 4.31. The summed E-state index contributed by atoms with van der Waals surface area (Å²) in [5.41, 5.74) is 2.80. The van der Waals surface area contributed by atoms with Gasteiger partial charge < -0.3 is 15.4 Å². The molecule has 1 heterocycles. The molecule has 1 aliphatic rings. The average molecular weight is 393 g/mol. The van der Waals surface area contributed by atoms with Crippen molar-refractivity contribution >= 4 is 45.3 Å². The summed E-state index contributed by atoms with van der Waals surface area (Å²) in [4.78, 5) is 13.7. The standard InChI is InChI=1S/C19H21FN2O2S2/c1-3-24-18(23)16-13-6-4-5-7-15(13)26-17(16)22-19(25)21-12-9-8-11(2)14(20)10-12/h8-10H,3-7H2,1-2H3,(H2,21,22,25). The molecule has 2 N–H and O–H groups in total. The lowest BCUT2D eigenvalue weighted by molar-refractivity contribution is 0.0526. The topological polar surface area (TPSA) is 50.4 Å². The predicted octanol–water partition coefficient (Wildman–Crippen LogP) is 5.06. The number of nitrogens with one attached hydrogen (secondary N) is 2. The molecular weight excluding hydrogens is 371 g/mol. The summed E-state index contributed by atoms with van der Waals surface area (Å²) in [5.74, 6) is -0.616. The van der Waals surface area contributed by atoms with E-state index in [1.807, 2.05) is 0 Å². The SMILES string of the molecule is CCOC(=O)c1c(NC(=S)Nc2ccc(C)c(F)c2)sc2c1CCCC2. The van der Waals surface area contributed by atoms with Crippen molar-refractivity contribution in [2.75, 3.05) is 17.2 Å². The van der Waals surface area contributed by atoms with Crippen molar-refractivity contribution in [2.24, 2.45) is 0 Å². The molecule has 4 nitrogen and oxygen atoms in total. The van der Waals surface area contributed by atoms with Gasteiger partial charge in [0.15, 0.2) is 5.11 Å². The van der Waals surface area contributed by atoms with Crippen molar-refractivity contribution in [2.45, 2.75) is 39.5 Å². The van der Waals surface area contributed by atoms with Crippen LogP contribution in [-0.2, 0) is 17.6 Å². The molecule has 7 heteroatoms. The summed E-state index contributed by atoms with van der Waals surface area (Å²) in [7, 11) is 0. The van der Waals surface area contributed by atoms with Gasteiger partial charge in [-0.25, -0.2) is 9.18 Å².